The van der Waals surface area contributed by atoms with Crippen LogP contribution in [-0.4, -0.2) is 34.8 Å². The normalized spacial score (nSPS) is 27.8. The van der Waals surface area contributed by atoms with E-state index in [1.54, 1.807) is 0 Å². The van der Waals surface area contributed by atoms with Crippen molar-refractivity contribution in [1.29, 1.82) is 0 Å². The van der Waals surface area contributed by atoms with Crippen molar-refractivity contribution in [2.24, 2.45) is 5.92 Å². The van der Waals surface area contributed by atoms with E-state index in [9.17, 15) is 9.59 Å². The molecule has 0 radical (unpaired) electrons. The second-order valence-corrected chi connectivity index (χ2v) is 6.24. The van der Waals surface area contributed by atoms with Crippen LogP contribution in [0.4, 0.5) is 0 Å². The largest absolute Gasteiger partial charge is 0.342 e. The topological polar surface area (TPSA) is 49.4 Å². The van der Waals surface area contributed by atoms with Crippen LogP contribution in [0.5, 0.6) is 0 Å². The zero-order valence-electron chi connectivity index (χ0n) is 11.7. The third kappa shape index (κ3) is 2.38. The van der Waals surface area contributed by atoms with E-state index in [1.165, 1.54) is 0 Å². The Balaban J connectivity index is 2.27. The summed E-state index contributed by atoms with van der Waals surface area (Å²) in [6.45, 7) is 6.95. The van der Waals surface area contributed by atoms with Crippen LogP contribution in [0.25, 0.3) is 0 Å². The molecular weight excluding hydrogens is 228 g/mol. The molecule has 0 bridgehead atoms. The summed E-state index contributed by atoms with van der Waals surface area (Å²) in [4.78, 5) is 26.6. The summed E-state index contributed by atoms with van der Waals surface area (Å²) < 4.78 is 0. The summed E-state index contributed by atoms with van der Waals surface area (Å²) in [5.74, 6) is 0.610. The van der Waals surface area contributed by atoms with Gasteiger partial charge < -0.3 is 10.2 Å². The Labute approximate surface area is 109 Å². The molecule has 0 aromatic heterocycles. The Morgan fingerprint density at radius 3 is 2.50 bits per heavy atom. The second-order valence-electron chi connectivity index (χ2n) is 6.24. The molecule has 102 valence electrons. The average molecular weight is 252 g/mol. The van der Waals surface area contributed by atoms with E-state index >= 15 is 0 Å². The molecule has 1 spiro atoms. The van der Waals surface area contributed by atoms with Crippen molar-refractivity contribution in [2.75, 3.05) is 6.54 Å². The molecule has 1 N–H and O–H groups in total. The number of hydrogen-bond donors (Lipinski definition) is 1. The fourth-order valence-electron chi connectivity index (χ4n) is 3.20. The highest BCUT2D eigenvalue weighted by atomic mass is 16.2. The maximum atomic E-state index is 12.8. The molecule has 1 saturated carbocycles. The average Bonchev–Trinajstić information content (AvgIpc) is 2.70. The first kappa shape index (κ1) is 13.4. The van der Waals surface area contributed by atoms with Crippen molar-refractivity contribution in [2.45, 2.75) is 64.5 Å². The fraction of sp³-hybridized carbons (Fsp3) is 0.857. The first-order chi connectivity index (χ1) is 8.44. The van der Waals surface area contributed by atoms with Crippen LogP contribution in [-0.2, 0) is 9.59 Å². The lowest BCUT2D eigenvalue weighted by Gasteiger charge is -2.35. The number of amides is 2. The monoisotopic (exact) mass is 252 g/mol. The van der Waals surface area contributed by atoms with E-state index in [0.717, 1.165) is 32.2 Å². The molecule has 0 aromatic rings. The van der Waals surface area contributed by atoms with Gasteiger partial charge in [0.05, 0.1) is 0 Å². The predicted molar refractivity (Wildman–Crippen MR) is 70.0 cm³/mol. The Bertz CT molecular complexity index is 346. The molecule has 2 rings (SSSR count). The van der Waals surface area contributed by atoms with Gasteiger partial charge in [-0.1, -0.05) is 26.7 Å². The summed E-state index contributed by atoms with van der Waals surface area (Å²) in [7, 11) is 0. The third-order valence-electron chi connectivity index (χ3n) is 4.08. The van der Waals surface area contributed by atoms with Gasteiger partial charge in [0, 0.05) is 19.0 Å². The summed E-state index contributed by atoms with van der Waals surface area (Å²) in [5.41, 5.74) is -0.587. The Morgan fingerprint density at radius 2 is 1.94 bits per heavy atom. The van der Waals surface area contributed by atoms with Crippen LogP contribution >= 0.6 is 0 Å². The lowest BCUT2D eigenvalue weighted by Crippen LogP contribution is -2.56. The van der Waals surface area contributed by atoms with Crippen LogP contribution in [0.3, 0.4) is 0 Å². The molecular formula is C14H24N2O2. The van der Waals surface area contributed by atoms with Crippen LogP contribution < -0.4 is 5.32 Å². The standard InChI is InChI=1S/C14H24N2O2/c1-10(2)9-16-11(3)8-12(17)15-14(13(16)18)6-4-5-7-14/h10-11H,4-9H2,1-3H3,(H,15,17). The van der Waals surface area contributed by atoms with Gasteiger partial charge in [-0.15, -0.1) is 0 Å². The molecule has 18 heavy (non-hydrogen) atoms. The number of carbonyl (C=O) groups is 2. The van der Waals surface area contributed by atoms with Crippen molar-refractivity contribution < 1.29 is 9.59 Å². The molecule has 1 aliphatic heterocycles. The predicted octanol–water partition coefficient (Wildman–Crippen LogP) is 1.69. The van der Waals surface area contributed by atoms with E-state index in [0.29, 0.717) is 12.3 Å². The second kappa shape index (κ2) is 4.90. The third-order valence-corrected chi connectivity index (χ3v) is 4.08. The molecule has 1 heterocycles. The smallest absolute Gasteiger partial charge is 0.248 e. The zero-order chi connectivity index (χ0) is 13.3. The van der Waals surface area contributed by atoms with E-state index in [1.807, 2.05) is 11.8 Å². The molecule has 1 atom stereocenters. The first-order valence-electron chi connectivity index (χ1n) is 7.07. The summed E-state index contributed by atoms with van der Waals surface area (Å²) in [6.07, 6.45) is 4.11. The van der Waals surface area contributed by atoms with Gasteiger partial charge in [-0.2, -0.15) is 0 Å². The summed E-state index contributed by atoms with van der Waals surface area (Å²) in [6, 6.07) is 0.0138. The first-order valence-corrected chi connectivity index (χ1v) is 7.07. The minimum atomic E-state index is -0.587. The van der Waals surface area contributed by atoms with E-state index in [-0.39, 0.29) is 17.9 Å². The number of carbonyl (C=O) groups excluding carboxylic acids is 2. The fourth-order valence-corrected chi connectivity index (χ4v) is 3.20. The molecule has 1 unspecified atom stereocenters. The maximum Gasteiger partial charge on any atom is 0.248 e. The highest BCUT2D eigenvalue weighted by Gasteiger charge is 2.47. The van der Waals surface area contributed by atoms with Crippen LogP contribution in [0.2, 0.25) is 0 Å². The van der Waals surface area contributed by atoms with Crippen LogP contribution in [0, 0.1) is 5.92 Å². The van der Waals surface area contributed by atoms with Crippen molar-refractivity contribution in [3.05, 3.63) is 0 Å². The highest BCUT2D eigenvalue weighted by Crippen LogP contribution is 2.34. The highest BCUT2D eigenvalue weighted by molar-refractivity contribution is 5.94. The van der Waals surface area contributed by atoms with Gasteiger partial charge in [0.15, 0.2) is 0 Å². The molecule has 1 saturated heterocycles. The maximum absolute atomic E-state index is 12.8. The summed E-state index contributed by atoms with van der Waals surface area (Å²) in [5, 5.41) is 3.01. The minimum absolute atomic E-state index is 0.0138. The molecule has 4 nitrogen and oxygen atoms in total. The lowest BCUT2D eigenvalue weighted by molar-refractivity contribution is -0.140. The van der Waals surface area contributed by atoms with E-state index < -0.39 is 5.54 Å². The van der Waals surface area contributed by atoms with Crippen molar-refractivity contribution in [3.63, 3.8) is 0 Å². The van der Waals surface area contributed by atoms with Crippen LogP contribution in [0.1, 0.15) is 52.9 Å². The molecule has 2 amide bonds. The molecule has 2 fully saturated rings. The van der Waals surface area contributed by atoms with Crippen LogP contribution in [0.15, 0.2) is 0 Å². The van der Waals surface area contributed by atoms with Gasteiger partial charge in [-0.25, -0.2) is 0 Å². The Kier molecular flexibility index (Phi) is 3.64. The molecule has 0 aromatic carbocycles. The lowest BCUT2D eigenvalue weighted by atomic mass is 9.95. The number of hydrogen-bond acceptors (Lipinski definition) is 2. The number of rotatable bonds is 2. The molecule has 4 heteroatoms. The molecule has 2 aliphatic rings. The van der Waals surface area contributed by atoms with Gasteiger partial charge in [-0.05, 0) is 25.7 Å². The van der Waals surface area contributed by atoms with Gasteiger partial charge in [0.25, 0.3) is 0 Å². The van der Waals surface area contributed by atoms with Crippen molar-refractivity contribution in [3.8, 4) is 0 Å². The Morgan fingerprint density at radius 1 is 1.33 bits per heavy atom. The SMILES string of the molecule is CC(C)CN1C(=O)C2(CCCC2)NC(=O)CC1C. The summed E-state index contributed by atoms with van der Waals surface area (Å²) >= 11 is 0. The van der Waals surface area contributed by atoms with Gasteiger partial charge in [-0.3, -0.25) is 9.59 Å². The quantitative estimate of drug-likeness (QED) is 0.813. The van der Waals surface area contributed by atoms with E-state index in [2.05, 4.69) is 19.2 Å². The van der Waals surface area contributed by atoms with Crippen molar-refractivity contribution in [1.82, 2.24) is 10.2 Å². The van der Waals surface area contributed by atoms with E-state index in [4.69, 9.17) is 0 Å². The van der Waals surface area contributed by atoms with Gasteiger partial charge >= 0.3 is 0 Å². The Hall–Kier alpha value is -1.06. The van der Waals surface area contributed by atoms with Gasteiger partial charge in [0.2, 0.25) is 11.8 Å². The molecule has 1 aliphatic carbocycles. The zero-order valence-corrected chi connectivity index (χ0v) is 11.7. The number of nitrogens with one attached hydrogen (secondary N) is 1. The van der Waals surface area contributed by atoms with Gasteiger partial charge in [0.1, 0.15) is 5.54 Å². The number of nitrogens with zero attached hydrogens (tertiary/aromatic N) is 1. The van der Waals surface area contributed by atoms with Crippen molar-refractivity contribution >= 4 is 11.8 Å². The minimum Gasteiger partial charge on any atom is -0.342 e.